The molecule has 1 unspecified atom stereocenters. The lowest BCUT2D eigenvalue weighted by Crippen LogP contribution is -2.25. The third-order valence-electron chi connectivity index (χ3n) is 3.18. The fourth-order valence-corrected chi connectivity index (χ4v) is 2.14. The molecule has 1 heterocycles. The van der Waals surface area contributed by atoms with Crippen molar-refractivity contribution in [2.45, 2.75) is 57.5 Å². The fraction of sp³-hybridized carbons (Fsp3) is 1.00. The standard InChI is InChI=1S/C13H27NO2/c15-11-5-2-1-4-9-14-10-8-13-7-3-6-12-16-13/h13-15H,1-12H2. The maximum Gasteiger partial charge on any atom is 0.0587 e. The molecule has 3 nitrogen and oxygen atoms in total. The zero-order valence-electron chi connectivity index (χ0n) is 10.4. The monoisotopic (exact) mass is 229 g/mol. The summed E-state index contributed by atoms with van der Waals surface area (Å²) in [6.45, 7) is 3.50. The van der Waals surface area contributed by atoms with Gasteiger partial charge in [-0.15, -0.1) is 0 Å². The second-order valence-electron chi connectivity index (χ2n) is 4.67. The van der Waals surface area contributed by atoms with Gasteiger partial charge in [0.25, 0.3) is 0 Å². The van der Waals surface area contributed by atoms with Gasteiger partial charge in [-0.3, -0.25) is 0 Å². The maximum absolute atomic E-state index is 8.62. The van der Waals surface area contributed by atoms with Gasteiger partial charge in [0, 0.05) is 13.2 Å². The summed E-state index contributed by atoms with van der Waals surface area (Å²) < 4.78 is 5.67. The zero-order chi connectivity index (χ0) is 11.5. The van der Waals surface area contributed by atoms with E-state index in [1.165, 1.54) is 32.1 Å². The molecule has 0 saturated carbocycles. The van der Waals surface area contributed by atoms with Crippen molar-refractivity contribution in [2.75, 3.05) is 26.3 Å². The molecule has 0 bridgehead atoms. The van der Waals surface area contributed by atoms with Crippen LogP contribution in [0.5, 0.6) is 0 Å². The number of unbranched alkanes of at least 4 members (excludes halogenated alkanes) is 3. The molecule has 1 atom stereocenters. The van der Waals surface area contributed by atoms with E-state index in [0.717, 1.165) is 39.0 Å². The summed E-state index contributed by atoms with van der Waals surface area (Å²) in [6.07, 6.45) is 10.1. The van der Waals surface area contributed by atoms with Crippen LogP contribution in [0.1, 0.15) is 51.4 Å². The Labute approximate surface area is 99.6 Å². The minimum absolute atomic E-state index is 0.340. The lowest BCUT2D eigenvalue weighted by Gasteiger charge is -2.22. The van der Waals surface area contributed by atoms with Crippen LogP contribution < -0.4 is 5.32 Å². The first kappa shape index (κ1) is 13.9. The highest BCUT2D eigenvalue weighted by atomic mass is 16.5. The summed E-state index contributed by atoms with van der Waals surface area (Å²) in [5, 5.41) is 12.1. The molecule has 3 heteroatoms. The quantitative estimate of drug-likeness (QED) is 0.595. The van der Waals surface area contributed by atoms with Crippen molar-refractivity contribution in [1.29, 1.82) is 0 Å². The molecule has 1 aliphatic rings. The van der Waals surface area contributed by atoms with Crippen molar-refractivity contribution in [3.63, 3.8) is 0 Å². The largest absolute Gasteiger partial charge is 0.396 e. The highest BCUT2D eigenvalue weighted by molar-refractivity contribution is 4.64. The van der Waals surface area contributed by atoms with Gasteiger partial charge in [-0.2, -0.15) is 0 Å². The van der Waals surface area contributed by atoms with Crippen LogP contribution in [0.4, 0.5) is 0 Å². The van der Waals surface area contributed by atoms with E-state index in [-0.39, 0.29) is 0 Å². The number of aliphatic hydroxyl groups excluding tert-OH is 1. The Bertz CT molecular complexity index is 147. The Morgan fingerprint density at radius 1 is 1.06 bits per heavy atom. The van der Waals surface area contributed by atoms with Gasteiger partial charge in [-0.05, 0) is 51.6 Å². The van der Waals surface area contributed by atoms with E-state index in [1.54, 1.807) is 0 Å². The molecular formula is C13H27NO2. The number of hydrogen-bond acceptors (Lipinski definition) is 3. The van der Waals surface area contributed by atoms with Crippen LogP contribution in [-0.4, -0.2) is 37.5 Å². The SMILES string of the molecule is OCCCCCCNCCC1CCCCO1. The average molecular weight is 229 g/mol. The molecule has 1 saturated heterocycles. The predicted molar refractivity (Wildman–Crippen MR) is 66.6 cm³/mol. The van der Waals surface area contributed by atoms with Crippen molar-refractivity contribution in [1.82, 2.24) is 5.32 Å². The molecular weight excluding hydrogens is 202 g/mol. The van der Waals surface area contributed by atoms with E-state index in [2.05, 4.69) is 5.32 Å². The Morgan fingerprint density at radius 3 is 2.69 bits per heavy atom. The first-order valence-electron chi connectivity index (χ1n) is 6.86. The number of ether oxygens (including phenoxy) is 1. The van der Waals surface area contributed by atoms with Crippen molar-refractivity contribution in [3.8, 4) is 0 Å². The number of nitrogens with one attached hydrogen (secondary N) is 1. The van der Waals surface area contributed by atoms with Crippen LogP contribution in [0, 0.1) is 0 Å². The van der Waals surface area contributed by atoms with Crippen LogP contribution in [0.15, 0.2) is 0 Å². The van der Waals surface area contributed by atoms with E-state index in [4.69, 9.17) is 9.84 Å². The Balaban J connectivity index is 1.77. The summed E-state index contributed by atoms with van der Waals surface area (Å²) >= 11 is 0. The normalized spacial score (nSPS) is 21.2. The third-order valence-corrected chi connectivity index (χ3v) is 3.18. The lowest BCUT2D eigenvalue weighted by atomic mass is 10.1. The van der Waals surface area contributed by atoms with Crippen molar-refractivity contribution in [3.05, 3.63) is 0 Å². The molecule has 0 aliphatic carbocycles. The summed E-state index contributed by atoms with van der Waals surface area (Å²) in [5.41, 5.74) is 0. The second-order valence-corrected chi connectivity index (χ2v) is 4.67. The molecule has 2 N–H and O–H groups in total. The molecule has 1 fully saturated rings. The molecule has 16 heavy (non-hydrogen) atoms. The van der Waals surface area contributed by atoms with E-state index in [1.807, 2.05) is 0 Å². The van der Waals surface area contributed by atoms with Crippen LogP contribution in [0.25, 0.3) is 0 Å². The maximum atomic E-state index is 8.62. The fourth-order valence-electron chi connectivity index (χ4n) is 2.14. The third kappa shape index (κ3) is 7.20. The molecule has 0 amide bonds. The minimum atomic E-state index is 0.340. The molecule has 96 valence electrons. The number of hydrogen-bond donors (Lipinski definition) is 2. The van der Waals surface area contributed by atoms with E-state index in [9.17, 15) is 0 Å². The summed E-state index contributed by atoms with van der Waals surface area (Å²) in [7, 11) is 0. The molecule has 0 aromatic carbocycles. The van der Waals surface area contributed by atoms with Crippen molar-refractivity contribution < 1.29 is 9.84 Å². The van der Waals surface area contributed by atoms with Crippen LogP contribution in [0.2, 0.25) is 0 Å². The molecule has 1 aliphatic heterocycles. The number of rotatable bonds is 9. The van der Waals surface area contributed by atoms with Gasteiger partial charge < -0.3 is 15.2 Å². The minimum Gasteiger partial charge on any atom is -0.396 e. The van der Waals surface area contributed by atoms with Gasteiger partial charge in [-0.1, -0.05) is 12.8 Å². The van der Waals surface area contributed by atoms with Crippen molar-refractivity contribution >= 4 is 0 Å². The molecule has 1 rings (SSSR count). The van der Waals surface area contributed by atoms with E-state index >= 15 is 0 Å². The van der Waals surface area contributed by atoms with Crippen LogP contribution in [0.3, 0.4) is 0 Å². The first-order valence-corrected chi connectivity index (χ1v) is 6.86. The topological polar surface area (TPSA) is 41.5 Å². The van der Waals surface area contributed by atoms with Crippen LogP contribution in [-0.2, 0) is 4.74 Å². The van der Waals surface area contributed by atoms with Crippen molar-refractivity contribution in [2.24, 2.45) is 0 Å². The van der Waals surface area contributed by atoms with E-state index in [0.29, 0.717) is 12.7 Å². The summed E-state index contributed by atoms with van der Waals surface area (Å²) in [6, 6.07) is 0. The van der Waals surface area contributed by atoms with Gasteiger partial charge >= 0.3 is 0 Å². The Kier molecular flexibility index (Phi) is 8.77. The highest BCUT2D eigenvalue weighted by Crippen LogP contribution is 2.14. The Hall–Kier alpha value is -0.120. The molecule has 0 aromatic heterocycles. The summed E-state index contributed by atoms with van der Waals surface area (Å²) in [5.74, 6) is 0. The zero-order valence-corrected chi connectivity index (χ0v) is 10.4. The first-order chi connectivity index (χ1) is 7.93. The van der Waals surface area contributed by atoms with Gasteiger partial charge in [0.1, 0.15) is 0 Å². The van der Waals surface area contributed by atoms with Gasteiger partial charge in [0.05, 0.1) is 6.10 Å². The second kappa shape index (κ2) is 10.1. The van der Waals surface area contributed by atoms with Crippen LogP contribution >= 0.6 is 0 Å². The lowest BCUT2D eigenvalue weighted by molar-refractivity contribution is 0.0116. The average Bonchev–Trinajstić information content (AvgIpc) is 2.34. The molecule has 0 aromatic rings. The molecule has 0 radical (unpaired) electrons. The van der Waals surface area contributed by atoms with Gasteiger partial charge in [-0.25, -0.2) is 0 Å². The molecule has 0 spiro atoms. The smallest absolute Gasteiger partial charge is 0.0587 e. The summed E-state index contributed by atoms with van der Waals surface area (Å²) in [4.78, 5) is 0. The Morgan fingerprint density at radius 2 is 1.94 bits per heavy atom. The van der Waals surface area contributed by atoms with Gasteiger partial charge in [0.2, 0.25) is 0 Å². The predicted octanol–water partition coefficient (Wildman–Crippen LogP) is 2.09. The number of aliphatic hydroxyl groups is 1. The van der Waals surface area contributed by atoms with E-state index < -0.39 is 0 Å². The van der Waals surface area contributed by atoms with Gasteiger partial charge in [0.15, 0.2) is 0 Å². The highest BCUT2D eigenvalue weighted by Gasteiger charge is 2.12.